The van der Waals surface area contributed by atoms with Crippen LogP contribution in [0.3, 0.4) is 0 Å². The lowest BCUT2D eigenvalue weighted by atomic mass is 10.0. The summed E-state index contributed by atoms with van der Waals surface area (Å²) < 4.78 is 26.5. The fraction of sp³-hybridized carbons (Fsp3) is 1.00. The van der Waals surface area contributed by atoms with Gasteiger partial charge in [0.25, 0.3) is 0 Å². The van der Waals surface area contributed by atoms with Crippen molar-refractivity contribution in [2.45, 2.75) is 24.4 Å². The predicted octanol–water partition coefficient (Wildman–Crippen LogP) is -3.59. The van der Waals surface area contributed by atoms with Gasteiger partial charge in [0.1, 0.15) is 24.4 Å². The van der Waals surface area contributed by atoms with Crippen molar-refractivity contribution in [2.24, 2.45) is 0 Å². The Morgan fingerprint density at radius 3 is 1.25 bits per heavy atom. The topological polar surface area (TPSA) is 121 Å². The van der Waals surface area contributed by atoms with Crippen molar-refractivity contribution in [1.82, 2.24) is 0 Å². The van der Waals surface area contributed by atoms with E-state index in [9.17, 15) is 0 Å². The van der Waals surface area contributed by atoms with Crippen molar-refractivity contribution < 1.29 is 36.1 Å². The number of aliphatic hydroxyl groups is 6. The van der Waals surface area contributed by atoms with E-state index in [1.165, 1.54) is 0 Å². The van der Waals surface area contributed by atoms with Crippen LogP contribution in [0.1, 0.15) is 5.48 Å². The Morgan fingerprint density at radius 2 is 1.08 bits per heavy atom. The molecule has 0 fully saturated rings. The fourth-order valence-corrected chi connectivity index (χ4v) is 0.526. The Labute approximate surface area is 74.9 Å². The van der Waals surface area contributed by atoms with Gasteiger partial charge >= 0.3 is 0 Å². The summed E-state index contributed by atoms with van der Waals surface area (Å²) in [5, 5.41) is 53.5. The molecule has 0 heterocycles. The molecule has 0 amide bonds. The molecule has 6 N–H and O–H groups in total. The molecule has 0 bridgehead atoms. The summed E-state index contributed by atoms with van der Waals surface area (Å²) in [6, 6.07) is 0. The van der Waals surface area contributed by atoms with E-state index >= 15 is 0 Å². The van der Waals surface area contributed by atoms with Crippen LogP contribution >= 0.6 is 0 Å². The van der Waals surface area contributed by atoms with E-state index in [0.717, 1.165) is 0 Å². The van der Waals surface area contributed by atoms with Gasteiger partial charge in [0.05, 0.1) is 18.6 Å². The Morgan fingerprint density at radius 1 is 0.833 bits per heavy atom. The highest BCUT2D eigenvalue weighted by Crippen LogP contribution is 2.03. The van der Waals surface area contributed by atoms with Gasteiger partial charge in [-0.2, -0.15) is 0 Å². The zero-order valence-corrected chi connectivity index (χ0v) is 5.99. The molecule has 0 saturated carbocycles. The summed E-state index contributed by atoms with van der Waals surface area (Å²) in [6.45, 7) is -6.50. The molecule has 4 atom stereocenters. The number of aliphatic hydroxyl groups excluding tert-OH is 4. The normalized spacial score (nSPS) is 28.8. The van der Waals surface area contributed by atoms with Gasteiger partial charge in [-0.25, -0.2) is 0 Å². The molecule has 12 heavy (non-hydrogen) atoms. The first-order valence-electron chi connectivity index (χ1n) is 5.06. The Bertz CT molecular complexity index is 202. The maximum Gasteiger partial charge on any atom is 0.111 e. The summed E-state index contributed by atoms with van der Waals surface area (Å²) in [5.41, 5.74) is 0. The molecule has 6 heteroatoms. The monoisotopic (exact) mass is 186 g/mol. The van der Waals surface area contributed by atoms with Gasteiger partial charge in [-0.15, -0.1) is 0 Å². The van der Waals surface area contributed by atoms with E-state index < -0.39 is 37.5 Å². The van der Waals surface area contributed by atoms with Crippen LogP contribution in [0, 0.1) is 0 Å². The molecule has 0 rings (SSSR count). The van der Waals surface area contributed by atoms with E-state index in [1.54, 1.807) is 0 Å². The van der Waals surface area contributed by atoms with Crippen molar-refractivity contribution in [1.29, 1.82) is 0 Å². The van der Waals surface area contributed by atoms with E-state index in [4.69, 9.17) is 36.1 Å². The second-order valence-corrected chi connectivity index (χ2v) is 2.13. The first kappa shape index (κ1) is 6.25. The van der Waals surface area contributed by atoms with Gasteiger partial charge in [0, 0.05) is 0 Å². The van der Waals surface area contributed by atoms with Crippen LogP contribution < -0.4 is 0 Å². The maximum absolute atomic E-state index is 9.12. The number of hydrogen-bond acceptors (Lipinski definition) is 6. The Kier molecular flexibility index (Phi) is 2.82. The van der Waals surface area contributed by atoms with Crippen LogP contribution in [0.15, 0.2) is 0 Å². The molecule has 0 aromatic rings. The van der Waals surface area contributed by atoms with E-state index in [-0.39, 0.29) is 0 Å². The van der Waals surface area contributed by atoms with Crippen LogP contribution in [0.25, 0.3) is 0 Å². The molecule has 0 saturated heterocycles. The summed E-state index contributed by atoms with van der Waals surface area (Å²) in [6.07, 6.45) is -9.70. The summed E-state index contributed by atoms with van der Waals surface area (Å²) >= 11 is 0. The van der Waals surface area contributed by atoms with Gasteiger partial charge in [0.15, 0.2) is 0 Å². The second kappa shape index (κ2) is 5.41. The van der Waals surface area contributed by atoms with Gasteiger partial charge in [-0.1, -0.05) is 0 Å². The molecule has 74 valence electrons. The van der Waals surface area contributed by atoms with Crippen LogP contribution in [0.5, 0.6) is 0 Å². The van der Waals surface area contributed by atoms with Gasteiger partial charge in [0.2, 0.25) is 0 Å². The van der Waals surface area contributed by atoms with Gasteiger partial charge in [-0.05, 0) is 0 Å². The molecular weight excluding hydrogens is 168 g/mol. The largest absolute Gasteiger partial charge is 0.394 e. The molecule has 0 unspecified atom stereocenters. The van der Waals surface area contributed by atoms with Crippen molar-refractivity contribution >= 4 is 0 Å². The van der Waals surface area contributed by atoms with Crippen molar-refractivity contribution in [3.63, 3.8) is 0 Å². The second-order valence-electron chi connectivity index (χ2n) is 2.13. The molecule has 0 radical (unpaired) electrons. The van der Waals surface area contributed by atoms with Crippen molar-refractivity contribution in [2.75, 3.05) is 13.1 Å². The molecular formula is C6H14O6. The molecule has 0 aliphatic heterocycles. The zero-order valence-electron chi connectivity index (χ0n) is 9.99. The lowest BCUT2D eigenvalue weighted by molar-refractivity contribution is -0.123. The van der Waals surface area contributed by atoms with Crippen molar-refractivity contribution in [3.05, 3.63) is 0 Å². The molecule has 0 aliphatic carbocycles. The average Bonchev–Trinajstić information content (AvgIpc) is 2.10. The Hall–Kier alpha value is -0.240. The summed E-state index contributed by atoms with van der Waals surface area (Å²) in [4.78, 5) is 0. The van der Waals surface area contributed by atoms with E-state index in [1.807, 2.05) is 0 Å². The minimum absolute atomic E-state index is 2.38. The minimum atomic E-state index is -3.25. The third-order valence-electron chi connectivity index (χ3n) is 1.26. The fourth-order valence-electron chi connectivity index (χ4n) is 0.526. The SMILES string of the molecule is [2H]C([2H])(O)[C@H](O)[C@@H](O)[C@H](O)[C@H](O)C([2H])([2H])O. The van der Waals surface area contributed by atoms with Gasteiger partial charge in [-0.3, -0.25) is 0 Å². The van der Waals surface area contributed by atoms with Crippen molar-refractivity contribution in [3.8, 4) is 0 Å². The highest BCUT2D eigenvalue weighted by atomic mass is 16.4. The van der Waals surface area contributed by atoms with E-state index in [0.29, 0.717) is 0 Å². The predicted molar refractivity (Wildman–Crippen MR) is 38.2 cm³/mol. The highest BCUT2D eigenvalue weighted by molar-refractivity contribution is 4.79. The molecule has 0 aromatic heterocycles. The molecule has 0 aliphatic rings. The van der Waals surface area contributed by atoms with Crippen LogP contribution in [-0.2, 0) is 0 Å². The molecule has 0 spiro atoms. The summed E-state index contributed by atoms with van der Waals surface area (Å²) in [5.74, 6) is 0. The third-order valence-corrected chi connectivity index (χ3v) is 1.26. The standard InChI is InChI=1S/C6H14O6/c7-1-3(9)5(11)6(12)4(10)2-8/h3-12H,1-2H2/t3-,4+,5-,6-/m1/s1/i1D2,2D2. The quantitative estimate of drug-likeness (QED) is 0.264. The molecule has 0 aromatic carbocycles. The van der Waals surface area contributed by atoms with Crippen LogP contribution in [0.4, 0.5) is 0 Å². The first-order valence-corrected chi connectivity index (χ1v) is 3.06. The van der Waals surface area contributed by atoms with E-state index in [2.05, 4.69) is 0 Å². The Balaban J connectivity index is 4.68. The van der Waals surface area contributed by atoms with Gasteiger partial charge < -0.3 is 30.6 Å². The number of hydrogen-bond donors (Lipinski definition) is 6. The lowest BCUT2D eigenvalue weighted by Gasteiger charge is -2.24. The maximum atomic E-state index is 9.12. The van der Waals surface area contributed by atoms with Crippen LogP contribution in [0.2, 0.25) is 0 Å². The highest BCUT2D eigenvalue weighted by Gasteiger charge is 2.29. The zero-order chi connectivity index (χ0) is 13.3. The average molecular weight is 186 g/mol. The lowest BCUT2D eigenvalue weighted by Crippen LogP contribution is -2.46. The summed E-state index contributed by atoms with van der Waals surface area (Å²) in [7, 11) is 0. The molecule has 6 nitrogen and oxygen atoms in total. The first-order chi connectivity index (χ1) is 6.89. The smallest absolute Gasteiger partial charge is 0.111 e. The third kappa shape index (κ3) is 3.02. The minimum Gasteiger partial charge on any atom is -0.394 e. The van der Waals surface area contributed by atoms with Crippen LogP contribution in [-0.4, -0.2) is 68.2 Å². The number of rotatable bonds is 5.